The summed E-state index contributed by atoms with van der Waals surface area (Å²) in [6.45, 7) is 0. The molecule has 0 bridgehead atoms. The number of hydrogen-bond donors (Lipinski definition) is 1. The topological polar surface area (TPSA) is 59.3 Å². The van der Waals surface area contributed by atoms with Gasteiger partial charge in [-0.25, -0.2) is 0 Å². The monoisotopic (exact) mass is 323 g/mol. The molecule has 0 radical (unpaired) electrons. The zero-order valence-corrected chi connectivity index (χ0v) is 12.9. The summed E-state index contributed by atoms with van der Waals surface area (Å²) in [6.07, 6.45) is 1.73. The van der Waals surface area contributed by atoms with Crippen LogP contribution >= 0.6 is 11.8 Å². The van der Waals surface area contributed by atoms with Gasteiger partial charge in [-0.15, -0.1) is 11.8 Å². The fraction of sp³-hybridized carbons (Fsp3) is 0.111. The van der Waals surface area contributed by atoms with Gasteiger partial charge in [-0.2, -0.15) is 0 Å². The van der Waals surface area contributed by atoms with Crippen molar-refractivity contribution in [1.82, 2.24) is 0 Å². The van der Waals surface area contributed by atoms with Crippen molar-refractivity contribution in [3.05, 3.63) is 70.6 Å². The minimum absolute atomic E-state index is 0.0727. The molecule has 1 amide bonds. The zero-order chi connectivity index (χ0) is 15.8. The number of anilines is 1. The Hall–Kier alpha value is -2.53. The van der Waals surface area contributed by atoms with Gasteiger partial charge in [0.2, 0.25) is 5.91 Å². The van der Waals surface area contributed by atoms with Crippen LogP contribution in [0.15, 0.2) is 68.9 Å². The fourth-order valence-electron chi connectivity index (χ4n) is 2.73. The zero-order valence-electron chi connectivity index (χ0n) is 12.1. The third-order valence-corrected chi connectivity index (χ3v) is 5.17. The Morgan fingerprint density at radius 2 is 1.83 bits per heavy atom. The average Bonchev–Trinajstić information content (AvgIpc) is 2.73. The fourth-order valence-corrected chi connectivity index (χ4v) is 3.96. The standard InChI is InChI=1S/C18H13NO3S/c20-17-9-16(23-15-8-4-2-6-13(15)19-17)12-10-22-14-7-3-1-5-11(14)18(12)21/h1-8,10,16H,9H2,(H,19,20)/t16-/m1/s1. The smallest absolute Gasteiger partial charge is 0.225 e. The molecule has 1 aliphatic heterocycles. The molecule has 3 aromatic rings. The number of rotatable bonds is 1. The summed E-state index contributed by atoms with van der Waals surface area (Å²) in [7, 11) is 0. The Balaban J connectivity index is 1.83. The quantitative estimate of drug-likeness (QED) is 0.736. The molecule has 1 atom stereocenters. The normalized spacial score (nSPS) is 17.4. The first-order valence-corrected chi connectivity index (χ1v) is 8.16. The molecule has 114 valence electrons. The molecule has 5 heteroatoms. The predicted molar refractivity (Wildman–Crippen MR) is 90.8 cm³/mol. The third kappa shape index (κ3) is 2.53. The molecule has 0 unspecified atom stereocenters. The van der Waals surface area contributed by atoms with Gasteiger partial charge < -0.3 is 9.73 Å². The summed E-state index contributed by atoms with van der Waals surface area (Å²) in [4.78, 5) is 25.9. The lowest BCUT2D eigenvalue weighted by Crippen LogP contribution is -2.16. The number of fused-ring (bicyclic) bond motifs is 2. The summed E-state index contributed by atoms with van der Waals surface area (Å²) < 4.78 is 5.60. The second-order valence-corrected chi connectivity index (χ2v) is 6.62. The summed E-state index contributed by atoms with van der Waals surface area (Å²) in [5.74, 6) is -0.0972. The van der Waals surface area contributed by atoms with E-state index >= 15 is 0 Å². The van der Waals surface area contributed by atoms with Gasteiger partial charge in [0.15, 0.2) is 5.43 Å². The van der Waals surface area contributed by atoms with Gasteiger partial charge in [0.05, 0.1) is 22.6 Å². The maximum absolute atomic E-state index is 12.8. The molecule has 23 heavy (non-hydrogen) atoms. The van der Waals surface area contributed by atoms with E-state index in [1.165, 1.54) is 18.0 Å². The van der Waals surface area contributed by atoms with Crippen LogP contribution in [0.5, 0.6) is 0 Å². The van der Waals surface area contributed by atoms with Crippen molar-refractivity contribution in [1.29, 1.82) is 0 Å². The maximum atomic E-state index is 12.8. The Kier molecular flexibility index (Phi) is 3.42. The van der Waals surface area contributed by atoms with Gasteiger partial charge in [0.1, 0.15) is 5.58 Å². The summed E-state index contributed by atoms with van der Waals surface area (Å²) in [5.41, 5.74) is 1.80. The van der Waals surface area contributed by atoms with E-state index in [9.17, 15) is 9.59 Å². The van der Waals surface area contributed by atoms with Crippen molar-refractivity contribution < 1.29 is 9.21 Å². The predicted octanol–water partition coefficient (Wildman–Crippen LogP) is 3.97. The molecule has 2 heterocycles. The number of nitrogens with one attached hydrogen (secondary N) is 1. The number of para-hydroxylation sites is 2. The SMILES string of the molecule is O=C1C[C@H](c2coc3ccccc3c2=O)Sc2ccccc2N1. The van der Waals surface area contributed by atoms with Crippen LogP contribution in [-0.2, 0) is 4.79 Å². The lowest BCUT2D eigenvalue weighted by atomic mass is 10.1. The number of benzene rings is 2. The number of amides is 1. The first-order chi connectivity index (χ1) is 11.2. The third-order valence-electron chi connectivity index (χ3n) is 3.85. The van der Waals surface area contributed by atoms with E-state index in [1.807, 2.05) is 36.4 Å². The minimum atomic E-state index is -0.264. The largest absolute Gasteiger partial charge is 0.464 e. The molecule has 1 aromatic heterocycles. The maximum Gasteiger partial charge on any atom is 0.225 e. The van der Waals surface area contributed by atoms with Crippen molar-refractivity contribution >= 4 is 34.3 Å². The first-order valence-electron chi connectivity index (χ1n) is 7.28. The Labute approximate surface area is 136 Å². The van der Waals surface area contributed by atoms with Crippen LogP contribution in [0.1, 0.15) is 17.2 Å². The van der Waals surface area contributed by atoms with Crippen molar-refractivity contribution in [2.45, 2.75) is 16.6 Å². The molecule has 1 N–H and O–H groups in total. The van der Waals surface area contributed by atoms with Gasteiger partial charge in [-0.05, 0) is 24.3 Å². The van der Waals surface area contributed by atoms with E-state index in [4.69, 9.17) is 4.42 Å². The van der Waals surface area contributed by atoms with Gasteiger partial charge in [0.25, 0.3) is 0 Å². The van der Waals surface area contributed by atoms with E-state index in [-0.39, 0.29) is 23.0 Å². The van der Waals surface area contributed by atoms with Crippen LogP contribution in [0.3, 0.4) is 0 Å². The molecule has 0 spiro atoms. The summed E-state index contributed by atoms with van der Waals surface area (Å²) in [5, 5.41) is 3.17. The van der Waals surface area contributed by atoms with Gasteiger partial charge in [-0.1, -0.05) is 24.3 Å². The molecule has 0 fully saturated rings. The first kappa shape index (κ1) is 14.1. The van der Waals surface area contributed by atoms with Crippen LogP contribution in [0.2, 0.25) is 0 Å². The molecule has 4 nitrogen and oxygen atoms in total. The van der Waals surface area contributed by atoms with Gasteiger partial charge >= 0.3 is 0 Å². The molecule has 1 aliphatic rings. The van der Waals surface area contributed by atoms with Crippen LogP contribution < -0.4 is 10.7 Å². The minimum Gasteiger partial charge on any atom is -0.464 e. The Morgan fingerprint density at radius 1 is 1.04 bits per heavy atom. The molecule has 2 aromatic carbocycles. The highest BCUT2D eigenvalue weighted by molar-refractivity contribution is 7.99. The summed E-state index contributed by atoms with van der Waals surface area (Å²) in [6, 6.07) is 14.8. The van der Waals surface area contributed by atoms with E-state index in [0.29, 0.717) is 16.5 Å². The highest BCUT2D eigenvalue weighted by Crippen LogP contribution is 2.42. The number of carbonyl (C=O) groups excluding carboxylic acids is 1. The molecule has 0 aliphatic carbocycles. The summed E-state index contributed by atoms with van der Waals surface area (Å²) >= 11 is 1.51. The molecule has 4 rings (SSSR count). The number of carbonyl (C=O) groups is 1. The molecular weight excluding hydrogens is 310 g/mol. The van der Waals surface area contributed by atoms with E-state index in [2.05, 4.69) is 5.32 Å². The van der Waals surface area contributed by atoms with Crippen molar-refractivity contribution in [3.63, 3.8) is 0 Å². The Morgan fingerprint density at radius 3 is 2.74 bits per heavy atom. The highest BCUT2D eigenvalue weighted by atomic mass is 32.2. The van der Waals surface area contributed by atoms with Crippen LogP contribution in [-0.4, -0.2) is 5.91 Å². The van der Waals surface area contributed by atoms with E-state index in [1.54, 1.807) is 12.1 Å². The van der Waals surface area contributed by atoms with E-state index in [0.717, 1.165) is 10.6 Å². The average molecular weight is 323 g/mol. The van der Waals surface area contributed by atoms with Gasteiger partial charge in [0, 0.05) is 16.9 Å². The van der Waals surface area contributed by atoms with Crippen LogP contribution in [0.25, 0.3) is 11.0 Å². The highest BCUT2D eigenvalue weighted by Gasteiger charge is 2.26. The van der Waals surface area contributed by atoms with Gasteiger partial charge in [-0.3, -0.25) is 9.59 Å². The van der Waals surface area contributed by atoms with E-state index < -0.39 is 0 Å². The lowest BCUT2D eigenvalue weighted by Gasteiger charge is -2.12. The van der Waals surface area contributed by atoms with Crippen LogP contribution in [0.4, 0.5) is 5.69 Å². The lowest BCUT2D eigenvalue weighted by molar-refractivity contribution is -0.116. The van der Waals surface area contributed by atoms with Crippen molar-refractivity contribution in [2.75, 3.05) is 5.32 Å². The van der Waals surface area contributed by atoms with Crippen molar-refractivity contribution in [3.8, 4) is 0 Å². The Bertz CT molecular complexity index is 964. The van der Waals surface area contributed by atoms with Crippen molar-refractivity contribution in [2.24, 2.45) is 0 Å². The second kappa shape index (κ2) is 5.59. The van der Waals surface area contributed by atoms with Crippen LogP contribution in [0, 0.1) is 0 Å². The molecule has 0 saturated heterocycles. The molecular formula is C18H13NO3S. The number of thioether (sulfide) groups is 1. The molecule has 0 saturated carbocycles. The number of hydrogen-bond acceptors (Lipinski definition) is 4. The second-order valence-electron chi connectivity index (χ2n) is 5.37.